The maximum atomic E-state index is 2.27. The summed E-state index contributed by atoms with van der Waals surface area (Å²) in [4.78, 5) is 1.46. The molecule has 0 aromatic heterocycles. The zero-order chi connectivity index (χ0) is 15.8. The second-order valence-electron chi connectivity index (χ2n) is 6.34. The predicted octanol–water partition coefficient (Wildman–Crippen LogP) is 1.87. The number of unbranched alkanes of at least 4 members (excludes halogenated alkanes) is 8. The van der Waals surface area contributed by atoms with Gasteiger partial charge in [0.1, 0.15) is 6.54 Å². The number of quaternary nitrogens is 1. The first-order valence-corrected chi connectivity index (χ1v) is 9.03. The highest BCUT2D eigenvalue weighted by Crippen LogP contribution is 2.08. The van der Waals surface area contributed by atoms with Gasteiger partial charge >= 0.3 is 0 Å². The molecule has 2 heteroatoms. The fourth-order valence-corrected chi connectivity index (χ4v) is 2.39. The van der Waals surface area contributed by atoms with Gasteiger partial charge in [-0.1, -0.05) is 102 Å². The smallest absolute Gasteiger partial charge is 0.102 e. The SMILES string of the molecule is CCCCCCCCCCC.C[NH+](C)Cc1ccccc1.[Cl-]. The van der Waals surface area contributed by atoms with E-state index in [1.54, 1.807) is 0 Å². The van der Waals surface area contributed by atoms with Crippen LogP contribution in [0.3, 0.4) is 0 Å². The van der Waals surface area contributed by atoms with Crippen LogP contribution in [0.4, 0.5) is 0 Å². The summed E-state index contributed by atoms with van der Waals surface area (Å²) in [7, 11) is 4.32. The van der Waals surface area contributed by atoms with E-state index in [4.69, 9.17) is 0 Å². The summed E-state index contributed by atoms with van der Waals surface area (Å²) in [6, 6.07) is 10.5. The number of hydrogen-bond acceptors (Lipinski definition) is 0. The highest BCUT2D eigenvalue weighted by Gasteiger charge is 1.93. The fraction of sp³-hybridized carbons (Fsp3) is 0.700. The monoisotopic (exact) mass is 327 g/mol. The molecule has 0 aliphatic carbocycles. The zero-order valence-electron chi connectivity index (χ0n) is 15.3. The molecule has 0 unspecified atom stereocenters. The fourth-order valence-electron chi connectivity index (χ4n) is 2.39. The average molecular weight is 328 g/mol. The van der Waals surface area contributed by atoms with Gasteiger partial charge in [-0.3, -0.25) is 0 Å². The summed E-state index contributed by atoms with van der Waals surface area (Å²) in [6.07, 6.45) is 13.0. The normalized spacial score (nSPS) is 9.86. The molecule has 22 heavy (non-hydrogen) atoms. The Kier molecular flexibility index (Phi) is 20.0. The van der Waals surface area contributed by atoms with Crippen LogP contribution in [-0.2, 0) is 6.54 Å². The molecule has 1 nitrogen and oxygen atoms in total. The van der Waals surface area contributed by atoms with Gasteiger partial charge < -0.3 is 17.3 Å². The molecule has 1 N–H and O–H groups in total. The Morgan fingerprint density at radius 2 is 1.09 bits per heavy atom. The molecule has 0 radical (unpaired) electrons. The molecule has 0 saturated carbocycles. The summed E-state index contributed by atoms with van der Waals surface area (Å²) in [5, 5.41) is 0. The van der Waals surface area contributed by atoms with E-state index in [2.05, 4.69) is 58.3 Å². The third-order valence-electron chi connectivity index (χ3n) is 3.61. The van der Waals surface area contributed by atoms with Crippen molar-refractivity contribution in [1.82, 2.24) is 0 Å². The van der Waals surface area contributed by atoms with Crippen molar-refractivity contribution in [3.8, 4) is 0 Å². The van der Waals surface area contributed by atoms with Crippen molar-refractivity contribution in [1.29, 1.82) is 0 Å². The Labute approximate surface area is 145 Å². The van der Waals surface area contributed by atoms with Gasteiger partial charge in [-0.05, 0) is 0 Å². The molecule has 0 bridgehead atoms. The first kappa shape index (κ1) is 23.7. The largest absolute Gasteiger partial charge is 1.00 e. The molecule has 0 saturated heterocycles. The summed E-state index contributed by atoms with van der Waals surface area (Å²) >= 11 is 0. The Balaban J connectivity index is 0. The van der Waals surface area contributed by atoms with Crippen LogP contribution in [-0.4, -0.2) is 14.1 Å². The van der Waals surface area contributed by atoms with Gasteiger partial charge in [0.2, 0.25) is 0 Å². The second kappa shape index (κ2) is 18.5. The van der Waals surface area contributed by atoms with Gasteiger partial charge in [-0.25, -0.2) is 0 Å². The number of benzene rings is 1. The van der Waals surface area contributed by atoms with Crippen LogP contribution in [0.15, 0.2) is 30.3 Å². The Morgan fingerprint density at radius 1 is 0.682 bits per heavy atom. The van der Waals surface area contributed by atoms with Crippen molar-refractivity contribution in [2.45, 2.75) is 78.2 Å². The highest BCUT2D eigenvalue weighted by molar-refractivity contribution is 5.12. The van der Waals surface area contributed by atoms with Crippen LogP contribution in [0.1, 0.15) is 77.2 Å². The van der Waals surface area contributed by atoms with Crippen molar-refractivity contribution in [3.05, 3.63) is 35.9 Å². The third-order valence-corrected chi connectivity index (χ3v) is 3.61. The van der Waals surface area contributed by atoms with Gasteiger partial charge in [0.25, 0.3) is 0 Å². The first-order valence-electron chi connectivity index (χ1n) is 9.03. The molecule has 0 atom stereocenters. The zero-order valence-corrected chi connectivity index (χ0v) is 16.1. The maximum absolute atomic E-state index is 2.27. The summed E-state index contributed by atoms with van der Waals surface area (Å²) in [6.45, 7) is 5.66. The van der Waals surface area contributed by atoms with Gasteiger partial charge in [0.15, 0.2) is 0 Å². The predicted molar refractivity (Wildman–Crippen MR) is 95.9 cm³/mol. The minimum absolute atomic E-state index is 0. The number of rotatable bonds is 10. The Hall–Kier alpha value is -0.530. The minimum Gasteiger partial charge on any atom is -1.00 e. The number of nitrogens with one attached hydrogen (secondary N) is 1. The number of hydrogen-bond donors (Lipinski definition) is 1. The molecular formula is C20H38ClN. The van der Waals surface area contributed by atoms with Crippen LogP contribution in [0.25, 0.3) is 0 Å². The minimum atomic E-state index is 0. The average Bonchev–Trinajstić information content (AvgIpc) is 2.47. The molecule has 0 aliphatic heterocycles. The molecule has 130 valence electrons. The summed E-state index contributed by atoms with van der Waals surface area (Å²) in [5.41, 5.74) is 1.41. The van der Waals surface area contributed by atoms with Crippen LogP contribution < -0.4 is 17.3 Å². The van der Waals surface area contributed by atoms with E-state index < -0.39 is 0 Å². The van der Waals surface area contributed by atoms with E-state index in [1.165, 1.54) is 68.3 Å². The molecular weight excluding hydrogens is 290 g/mol. The van der Waals surface area contributed by atoms with E-state index in [9.17, 15) is 0 Å². The maximum Gasteiger partial charge on any atom is 0.102 e. The molecule has 0 fully saturated rings. The van der Waals surface area contributed by atoms with E-state index in [1.807, 2.05) is 0 Å². The van der Waals surface area contributed by atoms with E-state index in [0.29, 0.717) is 0 Å². The highest BCUT2D eigenvalue weighted by atomic mass is 35.5. The van der Waals surface area contributed by atoms with E-state index in [-0.39, 0.29) is 12.4 Å². The lowest BCUT2D eigenvalue weighted by Gasteiger charge is -2.05. The summed E-state index contributed by atoms with van der Waals surface area (Å²) < 4.78 is 0. The van der Waals surface area contributed by atoms with Crippen LogP contribution in [0, 0.1) is 0 Å². The standard InChI is InChI=1S/C11H24.C9H13N.ClH/c1-3-5-7-9-11-10-8-6-4-2;1-10(2)8-9-6-4-3-5-7-9;/h3-11H2,1-2H3;3-7H,8H2,1-2H3;1H. The number of halogens is 1. The lowest BCUT2D eigenvalue weighted by molar-refractivity contribution is -0.872. The quantitative estimate of drug-likeness (QED) is 0.626. The van der Waals surface area contributed by atoms with E-state index >= 15 is 0 Å². The van der Waals surface area contributed by atoms with Gasteiger partial charge in [-0.2, -0.15) is 0 Å². The molecule has 0 amide bonds. The van der Waals surface area contributed by atoms with Crippen LogP contribution >= 0.6 is 0 Å². The van der Waals surface area contributed by atoms with Crippen molar-refractivity contribution in [3.63, 3.8) is 0 Å². The lowest BCUT2D eigenvalue weighted by Crippen LogP contribution is -3.04. The molecule has 0 spiro atoms. The van der Waals surface area contributed by atoms with Crippen molar-refractivity contribution in [2.75, 3.05) is 14.1 Å². The summed E-state index contributed by atoms with van der Waals surface area (Å²) in [5.74, 6) is 0. The lowest BCUT2D eigenvalue weighted by atomic mass is 10.1. The Bertz CT molecular complexity index is 290. The topological polar surface area (TPSA) is 4.44 Å². The second-order valence-corrected chi connectivity index (χ2v) is 6.34. The van der Waals surface area contributed by atoms with Crippen LogP contribution in [0.5, 0.6) is 0 Å². The molecule has 1 aromatic rings. The van der Waals surface area contributed by atoms with Crippen molar-refractivity contribution in [2.24, 2.45) is 0 Å². The Morgan fingerprint density at radius 3 is 1.45 bits per heavy atom. The third kappa shape index (κ3) is 17.5. The van der Waals surface area contributed by atoms with Gasteiger partial charge in [-0.15, -0.1) is 0 Å². The van der Waals surface area contributed by atoms with Crippen LogP contribution in [0.2, 0.25) is 0 Å². The molecule has 1 rings (SSSR count). The molecule has 1 aromatic carbocycles. The molecule has 0 heterocycles. The van der Waals surface area contributed by atoms with Crippen molar-refractivity contribution < 1.29 is 17.3 Å². The van der Waals surface area contributed by atoms with E-state index in [0.717, 1.165) is 6.54 Å². The van der Waals surface area contributed by atoms with Gasteiger partial charge in [0, 0.05) is 5.56 Å². The molecule has 0 aliphatic rings. The first-order chi connectivity index (χ1) is 10.2. The van der Waals surface area contributed by atoms with Crippen molar-refractivity contribution >= 4 is 0 Å². The van der Waals surface area contributed by atoms with Gasteiger partial charge in [0.05, 0.1) is 14.1 Å².